The molecule has 1 aliphatic rings. The van der Waals surface area contributed by atoms with E-state index in [2.05, 4.69) is 10.4 Å². The molecular weight excluding hydrogens is 265 g/mol. The van der Waals surface area contributed by atoms with Crippen LogP contribution in [0.5, 0.6) is 0 Å². The van der Waals surface area contributed by atoms with Crippen molar-refractivity contribution in [3.8, 4) is 0 Å². The van der Waals surface area contributed by atoms with Gasteiger partial charge in [-0.15, -0.1) is 0 Å². The Bertz CT molecular complexity index is 499. The summed E-state index contributed by atoms with van der Waals surface area (Å²) in [4.78, 5) is 10.8. The van der Waals surface area contributed by atoms with Gasteiger partial charge in [-0.25, -0.2) is 13.9 Å². The second kappa shape index (κ2) is 5.05. The Balaban J connectivity index is 2.32. The number of amides is 1. The molecule has 0 radical (unpaired) electrons. The third-order valence-electron chi connectivity index (χ3n) is 3.47. The van der Waals surface area contributed by atoms with Crippen molar-refractivity contribution < 1.29 is 19.4 Å². The molecule has 0 bridgehead atoms. The summed E-state index contributed by atoms with van der Waals surface area (Å²) < 4.78 is 15.0. The predicted octanol–water partition coefficient (Wildman–Crippen LogP) is 2.30. The summed E-state index contributed by atoms with van der Waals surface area (Å²) in [5.41, 5.74) is 0.213. The van der Waals surface area contributed by atoms with Crippen molar-refractivity contribution in [1.82, 2.24) is 9.78 Å². The van der Waals surface area contributed by atoms with Gasteiger partial charge in [0, 0.05) is 12.0 Å². The van der Waals surface area contributed by atoms with Crippen molar-refractivity contribution in [3.63, 3.8) is 0 Å². The van der Waals surface area contributed by atoms with E-state index in [9.17, 15) is 14.3 Å². The summed E-state index contributed by atoms with van der Waals surface area (Å²) in [7, 11) is 0. The minimum atomic E-state index is -1.24. The molecule has 1 aromatic heterocycles. The normalized spacial score (nSPS) is 26.8. The highest BCUT2D eigenvalue weighted by Crippen LogP contribution is 2.37. The van der Waals surface area contributed by atoms with Gasteiger partial charge in [0.05, 0.1) is 17.3 Å². The average molecular weight is 285 g/mol. The lowest BCUT2D eigenvalue weighted by molar-refractivity contribution is 0.103. The van der Waals surface area contributed by atoms with Gasteiger partial charge < -0.3 is 10.2 Å². The first kappa shape index (κ1) is 14.8. The molecule has 7 heteroatoms. The van der Waals surface area contributed by atoms with Crippen LogP contribution in [-0.4, -0.2) is 38.4 Å². The van der Waals surface area contributed by atoms with Crippen molar-refractivity contribution in [2.24, 2.45) is 0 Å². The van der Waals surface area contributed by atoms with Gasteiger partial charge in [-0.2, -0.15) is 5.10 Å². The lowest BCUT2D eigenvalue weighted by atomic mass is 10.0. The molecular formula is C13H20FN3O3. The summed E-state index contributed by atoms with van der Waals surface area (Å²) in [6, 6.07) is 1.62. The molecule has 1 aliphatic carbocycles. The number of hydrogen-bond acceptors (Lipinski definition) is 3. The molecule has 0 spiro atoms. The molecule has 1 aromatic rings. The quantitative estimate of drug-likeness (QED) is 0.778. The number of rotatable bonds is 2. The molecule has 0 saturated heterocycles. The number of carboxylic acid groups (broad SMARTS) is 1. The molecule has 3 N–H and O–H groups in total. The maximum Gasteiger partial charge on any atom is 0.410 e. The van der Waals surface area contributed by atoms with Crippen LogP contribution in [0.25, 0.3) is 0 Å². The van der Waals surface area contributed by atoms with E-state index >= 15 is 0 Å². The van der Waals surface area contributed by atoms with Crippen LogP contribution in [0.2, 0.25) is 0 Å². The molecule has 2 rings (SSSR count). The van der Waals surface area contributed by atoms with Gasteiger partial charge in [-0.3, -0.25) is 5.32 Å². The minimum absolute atomic E-state index is 0.182. The minimum Gasteiger partial charge on any atom is -0.465 e. The van der Waals surface area contributed by atoms with Crippen molar-refractivity contribution in [1.29, 1.82) is 0 Å². The molecule has 1 saturated carbocycles. The van der Waals surface area contributed by atoms with Crippen LogP contribution in [0.4, 0.5) is 15.0 Å². The number of anilines is 1. The van der Waals surface area contributed by atoms with Gasteiger partial charge in [0.15, 0.2) is 0 Å². The van der Waals surface area contributed by atoms with E-state index in [1.54, 1.807) is 10.7 Å². The number of alkyl halides is 1. The van der Waals surface area contributed by atoms with Crippen molar-refractivity contribution in [2.45, 2.75) is 57.3 Å². The van der Waals surface area contributed by atoms with Crippen LogP contribution in [0.15, 0.2) is 6.07 Å². The second-order valence-corrected chi connectivity index (χ2v) is 6.22. The lowest BCUT2D eigenvalue weighted by Crippen LogP contribution is -2.26. The highest BCUT2D eigenvalue weighted by Gasteiger charge is 2.36. The standard InChI is InChI=1S/C13H20FN3O3/c1-13(2,3)17-11(15-12(19)20)6-9(16-17)7-4-8(14)10(18)5-7/h6-8,10,15,18H,4-5H2,1-3H3,(H,19,20). The maximum atomic E-state index is 13.4. The summed E-state index contributed by atoms with van der Waals surface area (Å²) in [6.45, 7) is 5.70. The zero-order chi connectivity index (χ0) is 15.1. The molecule has 1 fully saturated rings. The number of nitrogens with zero attached hydrogens (tertiary/aromatic N) is 2. The van der Waals surface area contributed by atoms with Crippen molar-refractivity contribution in [3.05, 3.63) is 11.8 Å². The molecule has 3 unspecified atom stereocenters. The number of nitrogens with one attached hydrogen (secondary N) is 1. The van der Waals surface area contributed by atoms with E-state index in [0.29, 0.717) is 17.9 Å². The van der Waals surface area contributed by atoms with E-state index in [1.165, 1.54) is 0 Å². The number of carbonyl (C=O) groups is 1. The monoisotopic (exact) mass is 285 g/mol. The summed E-state index contributed by atoms with van der Waals surface area (Å²) >= 11 is 0. The van der Waals surface area contributed by atoms with Gasteiger partial charge in [0.1, 0.15) is 12.0 Å². The molecule has 1 amide bonds. The van der Waals surface area contributed by atoms with Crippen LogP contribution in [-0.2, 0) is 5.54 Å². The van der Waals surface area contributed by atoms with Gasteiger partial charge >= 0.3 is 6.09 Å². The second-order valence-electron chi connectivity index (χ2n) is 6.22. The SMILES string of the molecule is CC(C)(C)n1nc(C2CC(O)C(F)C2)cc1NC(=O)O. The number of hydrogen-bond donors (Lipinski definition) is 3. The molecule has 0 aliphatic heterocycles. The lowest BCUT2D eigenvalue weighted by Gasteiger charge is -2.22. The van der Waals surface area contributed by atoms with Gasteiger partial charge in [-0.05, 0) is 33.6 Å². The van der Waals surface area contributed by atoms with Crippen LogP contribution in [0, 0.1) is 0 Å². The van der Waals surface area contributed by atoms with Crippen LogP contribution in [0.3, 0.4) is 0 Å². The molecule has 3 atom stereocenters. The highest BCUT2D eigenvalue weighted by molar-refractivity contribution is 5.81. The molecule has 20 heavy (non-hydrogen) atoms. The van der Waals surface area contributed by atoms with E-state index in [-0.39, 0.29) is 12.3 Å². The van der Waals surface area contributed by atoms with Gasteiger partial charge in [0.25, 0.3) is 0 Å². The van der Waals surface area contributed by atoms with Crippen LogP contribution >= 0.6 is 0 Å². The first-order chi connectivity index (χ1) is 9.18. The van der Waals surface area contributed by atoms with Crippen molar-refractivity contribution >= 4 is 11.9 Å². The molecule has 6 nitrogen and oxygen atoms in total. The predicted molar refractivity (Wildman–Crippen MR) is 71.7 cm³/mol. The third kappa shape index (κ3) is 2.92. The Morgan fingerprint density at radius 1 is 1.50 bits per heavy atom. The maximum absolute atomic E-state index is 13.4. The van der Waals surface area contributed by atoms with E-state index in [1.807, 2.05) is 20.8 Å². The Hall–Kier alpha value is -1.63. The van der Waals surface area contributed by atoms with Gasteiger partial charge in [-0.1, -0.05) is 0 Å². The fraction of sp³-hybridized carbons (Fsp3) is 0.692. The zero-order valence-electron chi connectivity index (χ0n) is 11.8. The van der Waals surface area contributed by atoms with Crippen molar-refractivity contribution in [2.75, 3.05) is 5.32 Å². The Labute approximate surface area is 116 Å². The largest absolute Gasteiger partial charge is 0.465 e. The summed E-state index contributed by atoms with van der Waals surface area (Å²) in [5.74, 6) is 0.176. The highest BCUT2D eigenvalue weighted by atomic mass is 19.1. The van der Waals surface area contributed by atoms with Gasteiger partial charge in [0.2, 0.25) is 0 Å². The average Bonchev–Trinajstić information content (AvgIpc) is 2.82. The number of aromatic nitrogens is 2. The molecule has 112 valence electrons. The number of halogens is 1. The summed E-state index contributed by atoms with van der Waals surface area (Å²) in [5, 5.41) is 25.1. The Morgan fingerprint density at radius 2 is 2.15 bits per heavy atom. The van der Waals surface area contributed by atoms with E-state index < -0.39 is 23.9 Å². The Kier molecular flexibility index (Phi) is 3.73. The Morgan fingerprint density at radius 3 is 2.60 bits per heavy atom. The fourth-order valence-electron chi connectivity index (χ4n) is 2.51. The third-order valence-corrected chi connectivity index (χ3v) is 3.47. The molecule has 0 aromatic carbocycles. The first-order valence-corrected chi connectivity index (χ1v) is 6.61. The van der Waals surface area contributed by atoms with E-state index in [0.717, 1.165) is 0 Å². The first-order valence-electron chi connectivity index (χ1n) is 6.61. The molecule has 1 heterocycles. The number of aliphatic hydroxyl groups is 1. The smallest absolute Gasteiger partial charge is 0.410 e. The van der Waals surface area contributed by atoms with E-state index in [4.69, 9.17) is 5.11 Å². The van der Waals surface area contributed by atoms with Crippen LogP contribution in [0.1, 0.15) is 45.2 Å². The fourth-order valence-corrected chi connectivity index (χ4v) is 2.51. The topological polar surface area (TPSA) is 87.4 Å². The zero-order valence-corrected chi connectivity index (χ0v) is 11.8. The summed E-state index contributed by atoms with van der Waals surface area (Å²) in [6.07, 6.45) is -2.84. The van der Waals surface area contributed by atoms with Crippen LogP contribution < -0.4 is 5.32 Å². The number of aliphatic hydroxyl groups excluding tert-OH is 1.